The lowest BCUT2D eigenvalue weighted by Gasteiger charge is -2.32. The SMILES string of the molecule is CCCOc1ccccc1NC(=O)N1CCC(NS(=O)(=O)CCC)CC1. The highest BCUT2D eigenvalue weighted by Crippen LogP contribution is 2.24. The van der Waals surface area contributed by atoms with Crippen molar-refractivity contribution in [3.05, 3.63) is 24.3 Å². The molecular formula is C18H29N3O4S. The smallest absolute Gasteiger partial charge is 0.321 e. The minimum atomic E-state index is -3.22. The summed E-state index contributed by atoms with van der Waals surface area (Å²) in [6.07, 6.45) is 2.72. The molecule has 7 nitrogen and oxygen atoms in total. The number of carbonyl (C=O) groups excluding carboxylic acids is 1. The van der Waals surface area contributed by atoms with Crippen LogP contribution in [0, 0.1) is 0 Å². The first-order valence-corrected chi connectivity index (χ1v) is 10.9. The molecule has 0 unspecified atom stereocenters. The summed E-state index contributed by atoms with van der Waals surface area (Å²) in [4.78, 5) is 14.2. The Bertz CT molecular complexity index is 685. The zero-order valence-electron chi connectivity index (χ0n) is 15.5. The van der Waals surface area contributed by atoms with Crippen LogP contribution in [-0.4, -0.2) is 50.8 Å². The Hall–Kier alpha value is -1.80. The third kappa shape index (κ3) is 6.17. The Kier molecular flexibility index (Phi) is 7.71. The molecule has 1 saturated heterocycles. The topological polar surface area (TPSA) is 87.7 Å². The van der Waals surface area contributed by atoms with Crippen LogP contribution in [0.2, 0.25) is 0 Å². The monoisotopic (exact) mass is 383 g/mol. The van der Waals surface area contributed by atoms with Crippen molar-refractivity contribution < 1.29 is 17.9 Å². The zero-order chi connectivity index (χ0) is 19.0. The second kappa shape index (κ2) is 9.78. The van der Waals surface area contributed by atoms with E-state index in [1.807, 2.05) is 38.1 Å². The Morgan fingerprint density at radius 1 is 1.19 bits per heavy atom. The van der Waals surface area contributed by atoms with Gasteiger partial charge >= 0.3 is 6.03 Å². The van der Waals surface area contributed by atoms with Gasteiger partial charge in [0.25, 0.3) is 0 Å². The van der Waals surface area contributed by atoms with Crippen LogP contribution in [0.1, 0.15) is 39.5 Å². The fourth-order valence-corrected chi connectivity index (χ4v) is 4.28. The molecule has 1 aliphatic rings. The number of hydrogen-bond donors (Lipinski definition) is 2. The highest BCUT2D eigenvalue weighted by molar-refractivity contribution is 7.89. The molecule has 1 aliphatic heterocycles. The van der Waals surface area contributed by atoms with Crippen LogP contribution in [-0.2, 0) is 10.0 Å². The average molecular weight is 384 g/mol. The van der Waals surface area contributed by atoms with E-state index in [-0.39, 0.29) is 17.8 Å². The van der Waals surface area contributed by atoms with Crippen LogP contribution >= 0.6 is 0 Å². The third-order valence-electron chi connectivity index (χ3n) is 4.19. The first kappa shape index (κ1) is 20.5. The molecule has 2 N–H and O–H groups in total. The van der Waals surface area contributed by atoms with Gasteiger partial charge in [-0.3, -0.25) is 0 Å². The lowest BCUT2D eigenvalue weighted by Crippen LogP contribution is -2.48. The fourth-order valence-electron chi connectivity index (χ4n) is 2.88. The summed E-state index contributed by atoms with van der Waals surface area (Å²) in [6, 6.07) is 7.08. The van der Waals surface area contributed by atoms with Gasteiger partial charge in [-0.15, -0.1) is 0 Å². The van der Waals surface area contributed by atoms with Gasteiger partial charge in [-0.1, -0.05) is 26.0 Å². The Morgan fingerprint density at radius 2 is 1.88 bits per heavy atom. The maximum Gasteiger partial charge on any atom is 0.321 e. The maximum atomic E-state index is 12.5. The van der Waals surface area contributed by atoms with Gasteiger partial charge in [0.1, 0.15) is 5.75 Å². The highest BCUT2D eigenvalue weighted by Gasteiger charge is 2.26. The minimum Gasteiger partial charge on any atom is -0.491 e. The molecule has 146 valence electrons. The van der Waals surface area contributed by atoms with E-state index < -0.39 is 10.0 Å². The third-order valence-corrected chi connectivity index (χ3v) is 5.83. The molecule has 0 atom stereocenters. The molecule has 0 spiro atoms. The number of piperidine rings is 1. The molecule has 8 heteroatoms. The number of nitrogens with one attached hydrogen (secondary N) is 2. The van der Waals surface area contributed by atoms with E-state index in [2.05, 4.69) is 10.0 Å². The molecule has 1 fully saturated rings. The second-order valence-electron chi connectivity index (χ2n) is 6.47. The number of para-hydroxylation sites is 2. The number of benzene rings is 1. The number of amides is 2. The van der Waals surface area contributed by atoms with Crippen molar-refractivity contribution in [1.82, 2.24) is 9.62 Å². The van der Waals surface area contributed by atoms with Crippen LogP contribution in [0.15, 0.2) is 24.3 Å². The minimum absolute atomic E-state index is 0.101. The molecule has 1 heterocycles. The fraction of sp³-hybridized carbons (Fsp3) is 0.611. The van der Waals surface area contributed by atoms with Crippen molar-refractivity contribution in [2.24, 2.45) is 0 Å². The van der Waals surface area contributed by atoms with Gasteiger partial charge in [0, 0.05) is 19.1 Å². The van der Waals surface area contributed by atoms with E-state index in [1.54, 1.807) is 4.90 Å². The number of rotatable bonds is 8. The lowest BCUT2D eigenvalue weighted by molar-refractivity contribution is 0.193. The number of hydrogen-bond acceptors (Lipinski definition) is 4. The van der Waals surface area contributed by atoms with Gasteiger partial charge in [-0.25, -0.2) is 17.9 Å². The summed E-state index contributed by atoms with van der Waals surface area (Å²) < 4.78 is 32.1. The summed E-state index contributed by atoms with van der Waals surface area (Å²) in [5.41, 5.74) is 0.650. The van der Waals surface area contributed by atoms with Crippen LogP contribution in [0.25, 0.3) is 0 Å². The zero-order valence-corrected chi connectivity index (χ0v) is 16.3. The Morgan fingerprint density at radius 3 is 2.54 bits per heavy atom. The van der Waals surface area contributed by atoms with Gasteiger partial charge < -0.3 is 15.0 Å². The van der Waals surface area contributed by atoms with E-state index >= 15 is 0 Å². The summed E-state index contributed by atoms with van der Waals surface area (Å²) in [5.74, 6) is 0.798. The molecule has 0 radical (unpaired) electrons. The predicted octanol–water partition coefficient (Wildman–Crippen LogP) is 2.80. The van der Waals surface area contributed by atoms with Crippen molar-refractivity contribution in [3.63, 3.8) is 0 Å². The van der Waals surface area contributed by atoms with E-state index in [0.29, 0.717) is 50.4 Å². The van der Waals surface area contributed by atoms with E-state index in [4.69, 9.17) is 4.74 Å². The van der Waals surface area contributed by atoms with Crippen molar-refractivity contribution in [3.8, 4) is 5.75 Å². The standard InChI is InChI=1S/C18H29N3O4S/c1-3-13-25-17-8-6-5-7-16(17)19-18(22)21-11-9-15(10-12-21)20-26(23,24)14-4-2/h5-8,15,20H,3-4,9-14H2,1-2H3,(H,19,22). The van der Waals surface area contributed by atoms with Crippen LogP contribution < -0.4 is 14.8 Å². The van der Waals surface area contributed by atoms with E-state index in [0.717, 1.165) is 6.42 Å². The second-order valence-corrected chi connectivity index (χ2v) is 8.35. The number of anilines is 1. The first-order chi connectivity index (χ1) is 12.4. The number of sulfonamides is 1. The molecule has 0 saturated carbocycles. The predicted molar refractivity (Wildman–Crippen MR) is 103 cm³/mol. The van der Waals surface area contributed by atoms with Crippen molar-refractivity contribution >= 4 is 21.7 Å². The van der Waals surface area contributed by atoms with Gasteiger partial charge in [-0.05, 0) is 37.8 Å². The molecule has 26 heavy (non-hydrogen) atoms. The molecule has 2 rings (SSSR count). The molecule has 2 amide bonds. The van der Waals surface area contributed by atoms with Crippen LogP contribution in [0.4, 0.5) is 10.5 Å². The van der Waals surface area contributed by atoms with Gasteiger partial charge in [0.05, 0.1) is 18.0 Å². The van der Waals surface area contributed by atoms with Gasteiger partial charge in [-0.2, -0.15) is 0 Å². The number of ether oxygens (including phenoxy) is 1. The van der Waals surface area contributed by atoms with E-state index in [1.165, 1.54) is 0 Å². The molecule has 0 aliphatic carbocycles. The maximum absolute atomic E-state index is 12.5. The molecule has 0 bridgehead atoms. The summed E-state index contributed by atoms with van der Waals surface area (Å²) in [7, 11) is -3.22. The largest absolute Gasteiger partial charge is 0.491 e. The normalized spacial score (nSPS) is 15.7. The van der Waals surface area contributed by atoms with Crippen molar-refractivity contribution in [2.45, 2.75) is 45.6 Å². The molecular weight excluding hydrogens is 354 g/mol. The van der Waals surface area contributed by atoms with Crippen LogP contribution in [0.5, 0.6) is 5.75 Å². The molecule has 0 aromatic heterocycles. The number of nitrogens with zero attached hydrogens (tertiary/aromatic N) is 1. The first-order valence-electron chi connectivity index (χ1n) is 9.23. The Balaban J connectivity index is 1.87. The summed E-state index contributed by atoms with van der Waals surface area (Å²) >= 11 is 0. The van der Waals surface area contributed by atoms with Gasteiger partial charge in [0.2, 0.25) is 10.0 Å². The van der Waals surface area contributed by atoms with Crippen molar-refractivity contribution in [2.75, 3.05) is 30.8 Å². The molecule has 1 aromatic rings. The lowest BCUT2D eigenvalue weighted by atomic mass is 10.1. The number of urea groups is 1. The van der Waals surface area contributed by atoms with Crippen molar-refractivity contribution in [1.29, 1.82) is 0 Å². The Labute approximate surface area is 156 Å². The quantitative estimate of drug-likeness (QED) is 0.722. The molecule has 1 aromatic carbocycles. The summed E-state index contributed by atoms with van der Waals surface area (Å²) in [5, 5.41) is 2.90. The highest BCUT2D eigenvalue weighted by atomic mass is 32.2. The van der Waals surface area contributed by atoms with Crippen LogP contribution in [0.3, 0.4) is 0 Å². The van der Waals surface area contributed by atoms with Gasteiger partial charge in [0.15, 0.2) is 0 Å². The average Bonchev–Trinajstić information content (AvgIpc) is 2.61. The number of likely N-dealkylation sites (tertiary alicyclic amines) is 1. The van der Waals surface area contributed by atoms with E-state index in [9.17, 15) is 13.2 Å². The summed E-state index contributed by atoms with van der Waals surface area (Å²) in [6.45, 7) is 5.50. The number of carbonyl (C=O) groups is 1.